The summed E-state index contributed by atoms with van der Waals surface area (Å²) in [5.74, 6) is 0.186. The maximum absolute atomic E-state index is 11.2. The van der Waals surface area contributed by atoms with Crippen molar-refractivity contribution in [2.45, 2.75) is 11.9 Å². The lowest BCUT2D eigenvalue weighted by molar-refractivity contribution is 0.0694. The van der Waals surface area contributed by atoms with Crippen LogP contribution in [0.2, 0.25) is 0 Å². The van der Waals surface area contributed by atoms with Crippen LogP contribution in [0.1, 0.15) is 17.3 Å². The molecular weight excluding hydrogens is 332 g/mol. The fourth-order valence-electron chi connectivity index (χ4n) is 1.52. The van der Waals surface area contributed by atoms with E-state index in [-0.39, 0.29) is 11.4 Å². The summed E-state index contributed by atoms with van der Waals surface area (Å²) in [4.78, 5) is 15.4. The smallest absolute Gasteiger partial charge is 0.342 e. The minimum Gasteiger partial charge on any atom is -0.477 e. The molecule has 0 amide bonds. The lowest BCUT2D eigenvalue weighted by atomic mass is 10.3. The SMILES string of the molecule is CCSc1nn(-c2ccc(Br)cn2)c(N)c1C(=O)O. The Morgan fingerprint density at radius 2 is 2.32 bits per heavy atom. The van der Waals surface area contributed by atoms with Crippen LogP contribution in [0, 0.1) is 0 Å². The maximum Gasteiger partial charge on any atom is 0.342 e. The number of carbonyl (C=O) groups is 1. The van der Waals surface area contributed by atoms with Crippen molar-refractivity contribution in [3.63, 3.8) is 0 Å². The van der Waals surface area contributed by atoms with Gasteiger partial charge in [0.1, 0.15) is 16.4 Å². The molecule has 0 fully saturated rings. The van der Waals surface area contributed by atoms with E-state index in [0.29, 0.717) is 16.6 Å². The molecule has 0 aliphatic rings. The lowest BCUT2D eigenvalue weighted by Gasteiger charge is -2.02. The Labute approximate surface area is 122 Å². The fourth-order valence-corrected chi connectivity index (χ4v) is 2.50. The van der Waals surface area contributed by atoms with Crippen molar-refractivity contribution in [2.24, 2.45) is 0 Å². The van der Waals surface area contributed by atoms with E-state index >= 15 is 0 Å². The Hall–Kier alpha value is -1.54. The van der Waals surface area contributed by atoms with Crippen LogP contribution in [-0.4, -0.2) is 31.6 Å². The summed E-state index contributed by atoms with van der Waals surface area (Å²) in [6, 6.07) is 3.50. The fraction of sp³-hybridized carbons (Fsp3) is 0.182. The van der Waals surface area contributed by atoms with E-state index in [1.807, 2.05) is 6.92 Å². The molecule has 0 saturated heterocycles. The Balaban J connectivity index is 2.55. The maximum atomic E-state index is 11.2. The number of halogens is 1. The van der Waals surface area contributed by atoms with E-state index in [2.05, 4.69) is 26.0 Å². The highest BCUT2D eigenvalue weighted by Crippen LogP contribution is 2.28. The Morgan fingerprint density at radius 3 is 2.84 bits per heavy atom. The van der Waals surface area contributed by atoms with Crippen molar-refractivity contribution in [3.8, 4) is 5.82 Å². The topological polar surface area (TPSA) is 94.0 Å². The van der Waals surface area contributed by atoms with Crippen molar-refractivity contribution in [2.75, 3.05) is 11.5 Å². The first-order chi connectivity index (χ1) is 9.04. The molecular formula is C11H11BrN4O2S. The van der Waals surface area contributed by atoms with Crippen molar-refractivity contribution >= 4 is 39.5 Å². The first-order valence-electron chi connectivity index (χ1n) is 5.41. The van der Waals surface area contributed by atoms with Crippen LogP contribution in [0.25, 0.3) is 5.82 Å². The number of hydrogen-bond donors (Lipinski definition) is 2. The number of anilines is 1. The second-order valence-corrected chi connectivity index (χ2v) is 5.72. The molecule has 2 aromatic rings. The molecule has 0 atom stereocenters. The summed E-state index contributed by atoms with van der Waals surface area (Å²) in [6.07, 6.45) is 1.60. The van der Waals surface area contributed by atoms with Crippen LogP contribution in [0.4, 0.5) is 5.82 Å². The number of nitrogens with two attached hydrogens (primary N) is 1. The van der Waals surface area contributed by atoms with Crippen molar-refractivity contribution in [1.29, 1.82) is 0 Å². The number of rotatable bonds is 4. The molecule has 2 rings (SSSR count). The molecule has 0 bridgehead atoms. The van der Waals surface area contributed by atoms with E-state index in [0.717, 1.165) is 4.47 Å². The molecule has 0 unspecified atom stereocenters. The van der Waals surface area contributed by atoms with Crippen LogP contribution in [0.15, 0.2) is 27.8 Å². The van der Waals surface area contributed by atoms with E-state index in [4.69, 9.17) is 5.73 Å². The molecule has 0 saturated carbocycles. The highest BCUT2D eigenvalue weighted by atomic mass is 79.9. The van der Waals surface area contributed by atoms with Gasteiger partial charge in [-0.3, -0.25) is 0 Å². The van der Waals surface area contributed by atoms with E-state index < -0.39 is 5.97 Å². The third kappa shape index (κ3) is 2.74. The molecule has 0 aliphatic carbocycles. The molecule has 3 N–H and O–H groups in total. The number of pyridine rings is 1. The van der Waals surface area contributed by atoms with Gasteiger partial charge in [0.2, 0.25) is 0 Å². The number of nitrogens with zero attached hydrogens (tertiary/aromatic N) is 3. The predicted octanol–water partition coefficient (Wildman–Crippen LogP) is 2.42. The molecule has 2 heterocycles. The summed E-state index contributed by atoms with van der Waals surface area (Å²) in [5, 5.41) is 13.8. The molecule has 19 heavy (non-hydrogen) atoms. The zero-order valence-corrected chi connectivity index (χ0v) is 12.4. The predicted molar refractivity (Wildman–Crippen MR) is 76.8 cm³/mol. The highest BCUT2D eigenvalue weighted by molar-refractivity contribution is 9.10. The molecule has 100 valence electrons. The molecule has 0 aliphatic heterocycles. The summed E-state index contributed by atoms with van der Waals surface area (Å²) in [5.41, 5.74) is 5.88. The minimum absolute atomic E-state index is 0.0246. The second kappa shape index (κ2) is 5.62. The highest BCUT2D eigenvalue weighted by Gasteiger charge is 2.22. The monoisotopic (exact) mass is 342 g/mol. The van der Waals surface area contributed by atoms with Crippen LogP contribution in [-0.2, 0) is 0 Å². The third-order valence-electron chi connectivity index (χ3n) is 2.31. The second-order valence-electron chi connectivity index (χ2n) is 3.55. The molecule has 6 nitrogen and oxygen atoms in total. The minimum atomic E-state index is -1.09. The Morgan fingerprint density at radius 1 is 1.58 bits per heavy atom. The molecule has 0 aromatic carbocycles. The van der Waals surface area contributed by atoms with E-state index in [1.165, 1.54) is 16.4 Å². The van der Waals surface area contributed by atoms with Gasteiger partial charge in [0.05, 0.1) is 0 Å². The van der Waals surface area contributed by atoms with Crippen molar-refractivity contribution in [1.82, 2.24) is 14.8 Å². The first-order valence-corrected chi connectivity index (χ1v) is 7.19. The molecule has 8 heteroatoms. The first kappa shape index (κ1) is 13.9. The summed E-state index contributed by atoms with van der Waals surface area (Å²) in [6.45, 7) is 1.92. The van der Waals surface area contributed by atoms with Gasteiger partial charge in [-0.25, -0.2) is 9.78 Å². The Kier molecular flexibility index (Phi) is 4.11. The number of aromatic nitrogens is 3. The molecule has 0 radical (unpaired) electrons. The summed E-state index contributed by atoms with van der Waals surface area (Å²) in [7, 11) is 0. The van der Waals surface area contributed by atoms with Crippen LogP contribution < -0.4 is 5.73 Å². The van der Waals surface area contributed by atoms with Gasteiger partial charge in [0.25, 0.3) is 0 Å². The van der Waals surface area contributed by atoms with Crippen LogP contribution in [0.5, 0.6) is 0 Å². The van der Waals surface area contributed by atoms with E-state index in [9.17, 15) is 9.90 Å². The van der Waals surface area contributed by atoms with Crippen LogP contribution in [0.3, 0.4) is 0 Å². The standard InChI is InChI=1S/C11H11BrN4O2S/c1-2-19-10-8(11(17)18)9(13)16(15-10)7-4-3-6(12)5-14-7/h3-5H,2,13H2,1H3,(H,17,18). The van der Waals surface area contributed by atoms with Gasteiger partial charge >= 0.3 is 5.97 Å². The molecule has 0 spiro atoms. The number of thioether (sulfide) groups is 1. The van der Waals surface area contributed by atoms with Gasteiger partial charge in [-0.1, -0.05) is 6.92 Å². The van der Waals surface area contributed by atoms with Crippen molar-refractivity contribution < 1.29 is 9.90 Å². The van der Waals surface area contributed by atoms with Gasteiger partial charge in [0, 0.05) is 10.7 Å². The quantitative estimate of drug-likeness (QED) is 0.828. The molecule has 2 aromatic heterocycles. The lowest BCUT2D eigenvalue weighted by Crippen LogP contribution is -2.06. The Bertz CT molecular complexity index is 612. The summed E-state index contributed by atoms with van der Waals surface area (Å²) >= 11 is 4.62. The average molecular weight is 343 g/mol. The van der Waals surface area contributed by atoms with Crippen molar-refractivity contribution in [3.05, 3.63) is 28.4 Å². The van der Waals surface area contributed by atoms with E-state index in [1.54, 1.807) is 18.3 Å². The van der Waals surface area contributed by atoms with Gasteiger partial charge < -0.3 is 10.8 Å². The number of hydrogen-bond acceptors (Lipinski definition) is 5. The average Bonchev–Trinajstić information content (AvgIpc) is 2.68. The number of aromatic carboxylic acids is 1. The van der Waals surface area contributed by atoms with Gasteiger partial charge in [-0.05, 0) is 33.8 Å². The van der Waals surface area contributed by atoms with Gasteiger partial charge in [-0.2, -0.15) is 9.78 Å². The largest absolute Gasteiger partial charge is 0.477 e. The number of carboxylic acids is 1. The number of carboxylic acid groups (broad SMARTS) is 1. The zero-order valence-electron chi connectivity index (χ0n) is 10.00. The third-order valence-corrected chi connectivity index (χ3v) is 3.63. The number of nitrogen functional groups attached to an aromatic ring is 1. The summed E-state index contributed by atoms with van der Waals surface area (Å²) < 4.78 is 2.16. The van der Waals surface area contributed by atoms with Gasteiger partial charge in [0.15, 0.2) is 5.82 Å². The normalized spacial score (nSPS) is 10.6. The zero-order chi connectivity index (χ0) is 14.0. The van der Waals surface area contributed by atoms with Crippen LogP contribution >= 0.6 is 27.7 Å². The van der Waals surface area contributed by atoms with Gasteiger partial charge in [-0.15, -0.1) is 11.8 Å².